The monoisotopic (exact) mass is 287 g/mol. The number of fused-ring (bicyclic) bond motifs is 1. The Bertz CT molecular complexity index is 766. The van der Waals surface area contributed by atoms with Gasteiger partial charge in [-0.3, -0.25) is 0 Å². The van der Waals surface area contributed by atoms with E-state index in [1.54, 1.807) is 18.2 Å². The molecule has 0 saturated carbocycles. The summed E-state index contributed by atoms with van der Waals surface area (Å²) in [4.78, 5) is 0.257. The molecular formula is C16H17NO2S. The maximum atomic E-state index is 12.5. The molecule has 20 heavy (non-hydrogen) atoms. The van der Waals surface area contributed by atoms with Gasteiger partial charge in [-0.25, -0.2) is 8.42 Å². The third kappa shape index (κ3) is 2.20. The van der Waals surface area contributed by atoms with Crippen LogP contribution in [0.25, 0.3) is 0 Å². The fourth-order valence-corrected chi connectivity index (χ4v) is 4.52. The van der Waals surface area contributed by atoms with E-state index in [1.807, 2.05) is 25.1 Å². The molecule has 2 N–H and O–H groups in total. The van der Waals surface area contributed by atoms with E-state index in [1.165, 1.54) is 5.56 Å². The molecule has 1 atom stereocenters. The van der Waals surface area contributed by atoms with E-state index in [4.69, 9.17) is 5.73 Å². The van der Waals surface area contributed by atoms with Crippen molar-refractivity contribution in [1.82, 2.24) is 0 Å². The first-order valence-corrected chi connectivity index (χ1v) is 8.29. The van der Waals surface area contributed by atoms with Crippen molar-refractivity contribution in [3.63, 3.8) is 0 Å². The zero-order valence-corrected chi connectivity index (χ0v) is 12.2. The predicted octanol–water partition coefficient (Wildman–Crippen LogP) is 2.69. The number of nitrogen functional groups attached to an aromatic ring is 1. The van der Waals surface area contributed by atoms with Crippen LogP contribution in [-0.2, 0) is 16.3 Å². The van der Waals surface area contributed by atoms with Gasteiger partial charge < -0.3 is 5.73 Å². The van der Waals surface area contributed by atoms with Crippen LogP contribution in [0.3, 0.4) is 0 Å². The maximum Gasteiger partial charge on any atom is 0.181 e. The van der Waals surface area contributed by atoms with Crippen LogP contribution in [0.15, 0.2) is 47.4 Å². The molecule has 0 aromatic heterocycles. The van der Waals surface area contributed by atoms with Crippen LogP contribution < -0.4 is 5.73 Å². The second kappa shape index (κ2) is 4.63. The fraction of sp³-hybridized carbons (Fsp3) is 0.250. The molecule has 1 unspecified atom stereocenters. The largest absolute Gasteiger partial charge is 0.398 e. The molecule has 0 bridgehead atoms. The lowest BCUT2D eigenvalue weighted by atomic mass is 9.79. The van der Waals surface area contributed by atoms with Gasteiger partial charge in [-0.05, 0) is 42.2 Å². The second-order valence-corrected chi connectivity index (χ2v) is 7.43. The second-order valence-electron chi connectivity index (χ2n) is 5.42. The third-order valence-corrected chi connectivity index (χ3v) is 5.77. The van der Waals surface area contributed by atoms with Gasteiger partial charge in [-0.15, -0.1) is 0 Å². The van der Waals surface area contributed by atoms with Crippen LogP contribution in [-0.4, -0.2) is 14.2 Å². The van der Waals surface area contributed by atoms with Gasteiger partial charge in [0, 0.05) is 5.92 Å². The average Bonchev–Trinajstić information content (AvgIpc) is 2.35. The Morgan fingerprint density at radius 2 is 1.95 bits per heavy atom. The molecule has 0 aliphatic heterocycles. The molecular weight excluding hydrogens is 270 g/mol. The number of hydrogen-bond acceptors (Lipinski definition) is 3. The molecule has 2 aromatic rings. The van der Waals surface area contributed by atoms with Crippen LogP contribution >= 0.6 is 0 Å². The Labute approximate surface area is 119 Å². The van der Waals surface area contributed by atoms with Crippen molar-refractivity contribution in [3.05, 3.63) is 59.2 Å². The van der Waals surface area contributed by atoms with Gasteiger partial charge in [0.15, 0.2) is 9.84 Å². The molecule has 3 nitrogen and oxygen atoms in total. The number of sulfone groups is 1. The quantitative estimate of drug-likeness (QED) is 0.883. The first-order chi connectivity index (χ1) is 9.47. The zero-order valence-electron chi connectivity index (χ0n) is 11.3. The molecule has 1 aliphatic carbocycles. The van der Waals surface area contributed by atoms with Crippen molar-refractivity contribution in [3.8, 4) is 0 Å². The average molecular weight is 287 g/mol. The lowest BCUT2D eigenvalue weighted by Crippen LogP contribution is -2.25. The van der Waals surface area contributed by atoms with Crippen molar-refractivity contribution in [2.45, 2.75) is 24.2 Å². The first-order valence-electron chi connectivity index (χ1n) is 6.64. The summed E-state index contributed by atoms with van der Waals surface area (Å²) in [6.07, 6.45) is 0.834. The number of benzene rings is 2. The maximum absolute atomic E-state index is 12.5. The summed E-state index contributed by atoms with van der Waals surface area (Å²) in [6, 6.07) is 13.1. The Balaban J connectivity index is 1.88. The molecule has 0 heterocycles. The summed E-state index contributed by atoms with van der Waals surface area (Å²) in [7, 11) is -3.34. The van der Waals surface area contributed by atoms with Gasteiger partial charge >= 0.3 is 0 Å². The summed E-state index contributed by atoms with van der Waals surface area (Å²) in [6.45, 7) is 1.90. The van der Waals surface area contributed by atoms with Crippen molar-refractivity contribution in [2.24, 2.45) is 0 Å². The Hall–Kier alpha value is -1.81. The van der Waals surface area contributed by atoms with Gasteiger partial charge in [0.1, 0.15) is 0 Å². The van der Waals surface area contributed by atoms with Crippen molar-refractivity contribution in [2.75, 3.05) is 11.5 Å². The van der Waals surface area contributed by atoms with E-state index in [2.05, 4.69) is 6.07 Å². The minimum atomic E-state index is -3.34. The summed E-state index contributed by atoms with van der Waals surface area (Å²) in [5, 5.41) is 0. The third-order valence-electron chi connectivity index (χ3n) is 3.88. The van der Waals surface area contributed by atoms with Gasteiger partial charge in [0.2, 0.25) is 0 Å². The molecule has 0 spiro atoms. The molecule has 104 valence electrons. The van der Waals surface area contributed by atoms with E-state index in [-0.39, 0.29) is 16.6 Å². The van der Waals surface area contributed by atoms with Crippen LogP contribution in [0.4, 0.5) is 5.69 Å². The van der Waals surface area contributed by atoms with Crippen molar-refractivity contribution < 1.29 is 8.42 Å². The van der Waals surface area contributed by atoms with E-state index in [0.29, 0.717) is 5.69 Å². The summed E-state index contributed by atoms with van der Waals surface area (Å²) < 4.78 is 25.0. The highest BCUT2D eigenvalue weighted by molar-refractivity contribution is 7.91. The number of aryl methyl sites for hydroxylation is 1. The van der Waals surface area contributed by atoms with E-state index in [9.17, 15) is 8.42 Å². The molecule has 0 amide bonds. The van der Waals surface area contributed by atoms with Crippen LogP contribution in [0.1, 0.15) is 22.6 Å². The van der Waals surface area contributed by atoms with Gasteiger partial charge in [0.05, 0.1) is 16.3 Å². The number of hydrogen-bond donors (Lipinski definition) is 1. The minimum Gasteiger partial charge on any atom is -0.398 e. The molecule has 0 radical (unpaired) electrons. The topological polar surface area (TPSA) is 60.2 Å². The highest BCUT2D eigenvalue weighted by atomic mass is 32.2. The summed E-state index contributed by atoms with van der Waals surface area (Å²) >= 11 is 0. The first kappa shape index (κ1) is 13.2. The van der Waals surface area contributed by atoms with Gasteiger partial charge in [-0.2, -0.15) is 0 Å². The summed E-state index contributed by atoms with van der Waals surface area (Å²) in [5.74, 6) is 0.231. The fourth-order valence-electron chi connectivity index (χ4n) is 2.82. The molecule has 3 rings (SSSR count). The van der Waals surface area contributed by atoms with Crippen LogP contribution in [0, 0.1) is 6.92 Å². The Morgan fingerprint density at radius 1 is 1.20 bits per heavy atom. The van der Waals surface area contributed by atoms with Crippen molar-refractivity contribution >= 4 is 15.5 Å². The number of rotatable bonds is 3. The Morgan fingerprint density at radius 3 is 2.65 bits per heavy atom. The standard InChI is InChI=1S/C16H17NO2S/c1-11-6-7-16(15(17)8-11)20(18,19)10-13-9-12-4-2-3-5-14(12)13/h2-8,13H,9-10,17H2,1H3. The zero-order chi connectivity index (χ0) is 14.3. The lowest BCUT2D eigenvalue weighted by molar-refractivity contribution is 0.577. The molecule has 0 saturated heterocycles. The highest BCUT2D eigenvalue weighted by Crippen LogP contribution is 2.37. The predicted molar refractivity (Wildman–Crippen MR) is 80.5 cm³/mol. The molecule has 1 aliphatic rings. The normalized spacial score (nSPS) is 17.4. The van der Waals surface area contributed by atoms with E-state index < -0.39 is 9.84 Å². The van der Waals surface area contributed by atoms with Crippen molar-refractivity contribution in [1.29, 1.82) is 0 Å². The summed E-state index contributed by atoms with van der Waals surface area (Å²) in [5.41, 5.74) is 9.58. The number of nitrogens with two attached hydrogens (primary N) is 1. The molecule has 2 aromatic carbocycles. The van der Waals surface area contributed by atoms with E-state index in [0.717, 1.165) is 17.5 Å². The number of anilines is 1. The van der Waals surface area contributed by atoms with Gasteiger partial charge in [-0.1, -0.05) is 30.3 Å². The Kier molecular flexibility index (Phi) is 3.05. The highest BCUT2D eigenvalue weighted by Gasteiger charge is 2.31. The van der Waals surface area contributed by atoms with Crippen LogP contribution in [0.2, 0.25) is 0 Å². The van der Waals surface area contributed by atoms with Gasteiger partial charge in [0.25, 0.3) is 0 Å². The molecule has 4 heteroatoms. The molecule has 0 fully saturated rings. The van der Waals surface area contributed by atoms with Crippen LogP contribution in [0.5, 0.6) is 0 Å². The smallest absolute Gasteiger partial charge is 0.181 e. The van der Waals surface area contributed by atoms with E-state index >= 15 is 0 Å². The minimum absolute atomic E-state index is 0.0944. The SMILES string of the molecule is Cc1ccc(S(=O)(=O)CC2Cc3ccccc32)c(N)c1. The lowest BCUT2D eigenvalue weighted by Gasteiger charge is -2.29.